The smallest absolute Gasteiger partial charge is 0.236 e. The highest BCUT2D eigenvalue weighted by atomic mass is 16.2. The second-order valence-corrected chi connectivity index (χ2v) is 5.63. The molecule has 0 aliphatic carbocycles. The summed E-state index contributed by atoms with van der Waals surface area (Å²) in [6.45, 7) is 3.53. The number of nitrogens with zero attached hydrogens (tertiary/aromatic N) is 5. The van der Waals surface area contributed by atoms with Gasteiger partial charge in [0, 0.05) is 33.3 Å². The summed E-state index contributed by atoms with van der Waals surface area (Å²) in [5.41, 5.74) is 0. The molecule has 1 amide bonds. The maximum atomic E-state index is 12.0. The molecule has 0 bridgehead atoms. The average molecular weight is 302 g/mol. The van der Waals surface area contributed by atoms with Crippen molar-refractivity contribution in [1.29, 1.82) is 5.26 Å². The second-order valence-electron chi connectivity index (χ2n) is 5.63. The number of carbonyl (C=O) groups excluding carboxylic acids is 1. The Labute approximate surface area is 131 Å². The number of hydrogen-bond acceptors (Lipinski definition) is 6. The van der Waals surface area contributed by atoms with E-state index in [0.717, 1.165) is 24.6 Å². The molecule has 2 heterocycles. The third kappa shape index (κ3) is 3.45. The van der Waals surface area contributed by atoms with Crippen molar-refractivity contribution in [3.8, 4) is 6.07 Å². The molecule has 1 N–H and O–H groups in total. The molecule has 0 spiro atoms. The van der Waals surface area contributed by atoms with E-state index in [-0.39, 0.29) is 18.4 Å². The van der Waals surface area contributed by atoms with Crippen molar-refractivity contribution in [2.75, 3.05) is 37.4 Å². The fourth-order valence-corrected chi connectivity index (χ4v) is 2.81. The molecule has 1 aliphatic heterocycles. The number of anilines is 2. The summed E-state index contributed by atoms with van der Waals surface area (Å²) in [6.07, 6.45) is 2.40. The molecule has 7 nitrogen and oxygen atoms in total. The van der Waals surface area contributed by atoms with E-state index in [9.17, 15) is 4.79 Å². The van der Waals surface area contributed by atoms with Gasteiger partial charge >= 0.3 is 0 Å². The monoisotopic (exact) mass is 302 g/mol. The highest BCUT2D eigenvalue weighted by Gasteiger charge is 2.31. The minimum atomic E-state index is -0.0913. The fraction of sp³-hybridized carbons (Fsp3) is 0.600. The molecule has 2 atom stereocenters. The van der Waals surface area contributed by atoms with E-state index in [1.54, 1.807) is 4.90 Å². The van der Waals surface area contributed by atoms with E-state index < -0.39 is 0 Å². The molecular formula is C15H22N6O. The standard InChI is InChI=1S/C15H22N6O/c1-11-5-7-21(15(22)4-6-16)9-12(11)20(3)14-8-13(17-2)18-10-19-14/h8,10-12H,4-5,7,9H2,1-3H3,(H,17,18,19)/t11-,12+/m1/s1. The first-order chi connectivity index (χ1) is 10.6. The number of likely N-dealkylation sites (tertiary alicyclic amines) is 1. The highest BCUT2D eigenvalue weighted by Crippen LogP contribution is 2.25. The van der Waals surface area contributed by atoms with Crippen LogP contribution in [0.4, 0.5) is 11.6 Å². The summed E-state index contributed by atoms with van der Waals surface area (Å²) in [4.78, 5) is 24.3. The second kappa shape index (κ2) is 7.07. The topological polar surface area (TPSA) is 85.1 Å². The lowest BCUT2D eigenvalue weighted by molar-refractivity contribution is -0.131. The number of nitriles is 1. The van der Waals surface area contributed by atoms with Gasteiger partial charge in [-0.2, -0.15) is 5.26 Å². The van der Waals surface area contributed by atoms with Crippen LogP contribution < -0.4 is 10.2 Å². The van der Waals surface area contributed by atoms with Gasteiger partial charge in [0.2, 0.25) is 5.91 Å². The molecule has 118 valence electrons. The fourth-order valence-electron chi connectivity index (χ4n) is 2.81. The predicted molar refractivity (Wildman–Crippen MR) is 84.4 cm³/mol. The van der Waals surface area contributed by atoms with Crippen LogP contribution in [0.2, 0.25) is 0 Å². The van der Waals surface area contributed by atoms with Gasteiger partial charge < -0.3 is 15.1 Å². The summed E-state index contributed by atoms with van der Waals surface area (Å²) in [7, 11) is 3.80. The molecule has 0 unspecified atom stereocenters. The van der Waals surface area contributed by atoms with Crippen LogP contribution in [0.1, 0.15) is 19.8 Å². The minimum Gasteiger partial charge on any atom is -0.373 e. The van der Waals surface area contributed by atoms with Gasteiger partial charge in [-0.15, -0.1) is 0 Å². The van der Waals surface area contributed by atoms with Crippen molar-refractivity contribution in [3.05, 3.63) is 12.4 Å². The Hall–Kier alpha value is -2.36. The summed E-state index contributed by atoms with van der Waals surface area (Å²) in [5.74, 6) is 1.94. The van der Waals surface area contributed by atoms with Crippen molar-refractivity contribution < 1.29 is 4.79 Å². The molecule has 1 aromatic heterocycles. The van der Waals surface area contributed by atoms with Gasteiger partial charge in [0.25, 0.3) is 0 Å². The Morgan fingerprint density at radius 2 is 2.36 bits per heavy atom. The van der Waals surface area contributed by atoms with E-state index in [4.69, 9.17) is 5.26 Å². The van der Waals surface area contributed by atoms with Crippen molar-refractivity contribution >= 4 is 17.5 Å². The Morgan fingerprint density at radius 3 is 3.05 bits per heavy atom. The summed E-state index contributed by atoms with van der Waals surface area (Å²) < 4.78 is 0. The number of carbonyl (C=O) groups is 1. The summed E-state index contributed by atoms with van der Waals surface area (Å²) in [5, 5.41) is 11.7. The van der Waals surface area contributed by atoms with Gasteiger partial charge in [-0.25, -0.2) is 9.97 Å². The van der Waals surface area contributed by atoms with Gasteiger partial charge in [0.1, 0.15) is 24.4 Å². The van der Waals surface area contributed by atoms with Crippen LogP contribution in [0.3, 0.4) is 0 Å². The zero-order valence-electron chi connectivity index (χ0n) is 13.3. The molecule has 1 aliphatic rings. The van der Waals surface area contributed by atoms with Crippen LogP contribution >= 0.6 is 0 Å². The normalized spacial score (nSPS) is 21.1. The molecule has 0 aromatic carbocycles. The van der Waals surface area contributed by atoms with Gasteiger partial charge in [-0.3, -0.25) is 4.79 Å². The van der Waals surface area contributed by atoms with Crippen molar-refractivity contribution in [3.63, 3.8) is 0 Å². The lowest BCUT2D eigenvalue weighted by Crippen LogP contribution is -2.52. The first kappa shape index (κ1) is 16.0. The predicted octanol–water partition coefficient (Wildman–Crippen LogP) is 1.11. The number of rotatable bonds is 4. The first-order valence-corrected chi connectivity index (χ1v) is 7.44. The Balaban J connectivity index is 2.14. The van der Waals surface area contributed by atoms with Crippen molar-refractivity contribution in [2.24, 2.45) is 5.92 Å². The molecule has 2 rings (SSSR count). The Kier molecular flexibility index (Phi) is 5.15. The first-order valence-electron chi connectivity index (χ1n) is 7.44. The maximum Gasteiger partial charge on any atom is 0.236 e. The lowest BCUT2D eigenvalue weighted by atomic mass is 9.92. The molecule has 1 aromatic rings. The molecule has 0 radical (unpaired) electrons. The molecule has 7 heteroatoms. The van der Waals surface area contributed by atoms with Crippen LogP contribution in [-0.2, 0) is 4.79 Å². The van der Waals surface area contributed by atoms with Gasteiger partial charge in [-0.1, -0.05) is 6.92 Å². The molecule has 1 fully saturated rings. The zero-order chi connectivity index (χ0) is 16.1. The Morgan fingerprint density at radius 1 is 1.59 bits per heavy atom. The zero-order valence-corrected chi connectivity index (χ0v) is 13.3. The maximum absolute atomic E-state index is 12.0. The largest absolute Gasteiger partial charge is 0.373 e. The van der Waals surface area contributed by atoms with Crippen LogP contribution in [0.15, 0.2) is 12.4 Å². The van der Waals surface area contributed by atoms with Gasteiger partial charge in [0.15, 0.2) is 0 Å². The van der Waals surface area contributed by atoms with E-state index in [1.807, 2.05) is 26.2 Å². The molecule has 22 heavy (non-hydrogen) atoms. The van der Waals surface area contributed by atoms with Crippen molar-refractivity contribution in [2.45, 2.75) is 25.8 Å². The third-order valence-corrected chi connectivity index (χ3v) is 4.27. The molecule has 1 saturated heterocycles. The average Bonchev–Trinajstić information content (AvgIpc) is 2.55. The minimum absolute atomic E-state index is 0.0533. The number of likely N-dealkylation sites (N-methyl/N-ethyl adjacent to an activating group) is 1. The Bertz CT molecular complexity index is 569. The summed E-state index contributed by atoms with van der Waals surface area (Å²) >= 11 is 0. The highest BCUT2D eigenvalue weighted by molar-refractivity contribution is 5.78. The van der Waals surface area contributed by atoms with E-state index in [2.05, 4.69) is 27.1 Å². The number of hydrogen-bond donors (Lipinski definition) is 1. The number of piperidine rings is 1. The SMILES string of the molecule is CNc1cc(N(C)[C@H]2CN(C(=O)CC#N)CC[C@H]2C)ncn1. The number of amides is 1. The molecule has 0 saturated carbocycles. The van der Waals surface area contributed by atoms with Crippen LogP contribution in [0.25, 0.3) is 0 Å². The van der Waals surface area contributed by atoms with Crippen LogP contribution in [-0.4, -0.2) is 54.0 Å². The lowest BCUT2D eigenvalue weighted by Gasteiger charge is -2.42. The number of nitrogens with one attached hydrogen (secondary N) is 1. The third-order valence-electron chi connectivity index (χ3n) is 4.27. The molecular weight excluding hydrogens is 280 g/mol. The van der Waals surface area contributed by atoms with Crippen molar-refractivity contribution in [1.82, 2.24) is 14.9 Å². The number of aromatic nitrogens is 2. The van der Waals surface area contributed by atoms with E-state index >= 15 is 0 Å². The van der Waals surface area contributed by atoms with E-state index in [0.29, 0.717) is 12.5 Å². The van der Waals surface area contributed by atoms with Crippen LogP contribution in [0, 0.1) is 17.2 Å². The van der Waals surface area contributed by atoms with Crippen LogP contribution in [0.5, 0.6) is 0 Å². The quantitative estimate of drug-likeness (QED) is 0.896. The summed E-state index contributed by atoms with van der Waals surface area (Å²) in [6, 6.07) is 4.00. The van der Waals surface area contributed by atoms with Gasteiger partial charge in [0.05, 0.1) is 12.1 Å². The van der Waals surface area contributed by atoms with Gasteiger partial charge in [-0.05, 0) is 12.3 Å². The van der Waals surface area contributed by atoms with E-state index in [1.165, 1.54) is 6.33 Å².